The van der Waals surface area contributed by atoms with Gasteiger partial charge in [0.1, 0.15) is 5.01 Å². The number of nitrogens with zero attached hydrogens (tertiary/aromatic N) is 2. The summed E-state index contributed by atoms with van der Waals surface area (Å²) in [5, 5.41) is 6.32. The first-order valence-electron chi connectivity index (χ1n) is 8.29. The summed E-state index contributed by atoms with van der Waals surface area (Å²) >= 11 is 1.73. The Labute approximate surface area is 135 Å². The summed E-state index contributed by atoms with van der Waals surface area (Å²) in [6.07, 6.45) is 5.39. The van der Waals surface area contributed by atoms with Crippen molar-refractivity contribution in [1.29, 1.82) is 0 Å². The van der Waals surface area contributed by atoms with Crippen molar-refractivity contribution in [2.75, 3.05) is 26.2 Å². The number of likely N-dealkylation sites (tertiary alicyclic amines) is 1. The zero-order chi connectivity index (χ0) is 14.9. The zero-order valence-electron chi connectivity index (χ0n) is 12.7. The van der Waals surface area contributed by atoms with E-state index in [4.69, 9.17) is 4.74 Å². The van der Waals surface area contributed by atoms with Crippen molar-refractivity contribution in [3.8, 4) is 0 Å². The molecule has 2 saturated heterocycles. The molecule has 1 N–H and O–H groups in total. The lowest BCUT2D eigenvalue weighted by atomic mass is 9.84. The van der Waals surface area contributed by atoms with Crippen LogP contribution < -0.4 is 5.32 Å². The Kier molecular flexibility index (Phi) is 4.15. The van der Waals surface area contributed by atoms with E-state index < -0.39 is 0 Å². The lowest BCUT2D eigenvalue weighted by Crippen LogP contribution is -2.43. The molecular formula is C16H23N3O2S. The summed E-state index contributed by atoms with van der Waals surface area (Å²) in [7, 11) is 0. The zero-order valence-corrected chi connectivity index (χ0v) is 13.6. The third kappa shape index (κ3) is 3.19. The fourth-order valence-corrected chi connectivity index (χ4v) is 4.39. The van der Waals surface area contributed by atoms with Crippen LogP contribution in [0.5, 0.6) is 0 Å². The second-order valence-corrected chi connectivity index (χ2v) is 7.74. The average molecular weight is 321 g/mol. The van der Waals surface area contributed by atoms with Crippen molar-refractivity contribution in [3.05, 3.63) is 16.6 Å². The minimum absolute atomic E-state index is 0.217. The molecule has 3 fully saturated rings. The number of aromatic nitrogens is 1. The summed E-state index contributed by atoms with van der Waals surface area (Å²) in [5.41, 5.74) is 0. The van der Waals surface area contributed by atoms with E-state index >= 15 is 0 Å². The lowest BCUT2D eigenvalue weighted by molar-refractivity contribution is -0.122. The molecule has 1 aromatic rings. The number of nitrogens with one attached hydrogen (secondary N) is 1. The number of hydrogen-bond acceptors (Lipinski definition) is 5. The van der Waals surface area contributed by atoms with E-state index in [-0.39, 0.29) is 17.9 Å². The Bertz CT molecular complexity index is 517. The molecule has 3 atom stereocenters. The Morgan fingerprint density at radius 1 is 1.45 bits per heavy atom. The number of amides is 1. The van der Waals surface area contributed by atoms with Crippen LogP contribution in [0.25, 0.3) is 0 Å². The second kappa shape index (κ2) is 6.26. The lowest BCUT2D eigenvalue weighted by Gasteiger charge is -2.35. The van der Waals surface area contributed by atoms with E-state index in [1.165, 1.54) is 11.4 Å². The maximum Gasteiger partial charge on any atom is 0.223 e. The number of rotatable bonds is 5. The molecular weight excluding hydrogens is 298 g/mol. The molecule has 3 heterocycles. The van der Waals surface area contributed by atoms with Crippen LogP contribution in [0, 0.1) is 17.8 Å². The third-order valence-corrected chi connectivity index (χ3v) is 5.91. The molecule has 0 aromatic carbocycles. The molecule has 5 nitrogen and oxygen atoms in total. The predicted octanol–water partition coefficient (Wildman–Crippen LogP) is 1.51. The molecule has 120 valence electrons. The number of fused-ring (bicyclic) bond motifs is 1. The van der Waals surface area contributed by atoms with E-state index in [1.807, 2.05) is 11.6 Å². The minimum atomic E-state index is 0.217. The van der Waals surface area contributed by atoms with Crippen molar-refractivity contribution in [3.63, 3.8) is 0 Å². The largest absolute Gasteiger partial charge is 0.376 e. The van der Waals surface area contributed by atoms with Crippen LogP contribution in [0.1, 0.15) is 24.3 Å². The first-order chi connectivity index (χ1) is 10.8. The standard InChI is InChI=1S/C16H23N3O2S/c20-16(11-1-2-11)18-7-14-13-3-5-19(8-12(13)10-21-14)9-15-17-4-6-22-15/h4,6,11-14H,1-3,5,7-10H2,(H,18,20)/t12-,13-,14-/m1/s1. The van der Waals surface area contributed by atoms with Crippen LogP contribution in [0.15, 0.2) is 11.6 Å². The Morgan fingerprint density at radius 3 is 3.14 bits per heavy atom. The predicted molar refractivity (Wildman–Crippen MR) is 84.5 cm³/mol. The van der Waals surface area contributed by atoms with Gasteiger partial charge in [-0.1, -0.05) is 0 Å². The molecule has 6 heteroatoms. The summed E-state index contributed by atoms with van der Waals surface area (Å²) in [4.78, 5) is 18.6. The first-order valence-corrected chi connectivity index (χ1v) is 9.17. The van der Waals surface area contributed by atoms with Gasteiger partial charge in [0.05, 0.1) is 19.3 Å². The smallest absolute Gasteiger partial charge is 0.223 e. The van der Waals surface area contributed by atoms with Gasteiger partial charge in [-0.15, -0.1) is 11.3 Å². The van der Waals surface area contributed by atoms with Gasteiger partial charge in [0, 0.05) is 36.5 Å². The Balaban J connectivity index is 1.27. The van der Waals surface area contributed by atoms with Crippen molar-refractivity contribution < 1.29 is 9.53 Å². The molecule has 0 bridgehead atoms. The van der Waals surface area contributed by atoms with E-state index in [2.05, 4.69) is 15.2 Å². The van der Waals surface area contributed by atoms with Crippen LogP contribution in [0.3, 0.4) is 0 Å². The van der Waals surface area contributed by atoms with Gasteiger partial charge < -0.3 is 10.1 Å². The summed E-state index contributed by atoms with van der Waals surface area (Å²) in [6, 6.07) is 0. The topological polar surface area (TPSA) is 54.5 Å². The Morgan fingerprint density at radius 2 is 2.36 bits per heavy atom. The maximum absolute atomic E-state index is 11.8. The van der Waals surface area contributed by atoms with E-state index in [0.29, 0.717) is 18.4 Å². The number of carbonyl (C=O) groups is 1. The molecule has 22 heavy (non-hydrogen) atoms. The van der Waals surface area contributed by atoms with Crippen LogP contribution in [-0.2, 0) is 16.1 Å². The monoisotopic (exact) mass is 321 g/mol. The van der Waals surface area contributed by atoms with E-state index in [9.17, 15) is 4.79 Å². The fourth-order valence-electron chi connectivity index (χ4n) is 3.73. The second-order valence-electron chi connectivity index (χ2n) is 6.76. The van der Waals surface area contributed by atoms with Gasteiger partial charge in [-0.3, -0.25) is 9.69 Å². The van der Waals surface area contributed by atoms with Gasteiger partial charge in [0.2, 0.25) is 5.91 Å². The molecule has 4 rings (SSSR count). The summed E-state index contributed by atoms with van der Waals surface area (Å²) < 4.78 is 5.98. The van der Waals surface area contributed by atoms with Gasteiger partial charge in [-0.25, -0.2) is 4.98 Å². The molecule has 0 spiro atoms. The SMILES string of the molecule is O=C(NC[C@H]1OC[C@H]2CN(Cc3nccs3)CC[C@H]21)C1CC1. The molecule has 1 aromatic heterocycles. The fraction of sp³-hybridized carbons (Fsp3) is 0.750. The van der Waals surface area contributed by atoms with Crippen molar-refractivity contribution in [2.24, 2.45) is 17.8 Å². The van der Waals surface area contributed by atoms with E-state index in [0.717, 1.165) is 39.1 Å². The van der Waals surface area contributed by atoms with Crippen LogP contribution >= 0.6 is 11.3 Å². The molecule has 3 aliphatic rings. The van der Waals surface area contributed by atoms with Gasteiger partial charge in [0.15, 0.2) is 0 Å². The molecule has 1 saturated carbocycles. The highest BCUT2D eigenvalue weighted by Crippen LogP contribution is 2.35. The molecule has 0 unspecified atom stereocenters. The average Bonchev–Trinajstić information content (AvgIpc) is 3.12. The number of carbonyl (C=O) groups excluding carboxylic acids is 1. The number of hydrogen-bond donors (Lipinski definition) is 1. The highest BCUT2D eigenvalue weighted by molar-refractivity contribution is 7.09. The number of thiazole rings is 1. The van der Waals surface area contributed by atoms with Gasteiger partial charge in [0.25, 0.3) is 0 Å². The maximum atomic E-state index is 11.8. The van der Waals surface area contributed by atoms with Gasteiger partial charge in [-0.05, 0) is 31.7 Å². The quantitative estimate of drug-likeness (QED) is 0.893. The van der Waals surface area contributed by atoms with Crippen LogP contribution in [0.2, 0.25) is 0 Å². The Hall–Kier alpha value is -0.980. The summed E-state index contributed by atoms with van der Waals surface area (Å²) in [5.74, 6) is 1.73. The van der Waals surface area contributed by atoms with E-state index in [1.54, 1.807) is 11.3 Å². The molecule has 2 aliphatic heterocycles. The molecule has 0 radical (unpaired) electrons. The minimum Gasteiger partial charge on any atom is -0.376 e. The van der Waals surface area contributed by atoms with Gasteiger partial charge >= 0.3 is 0 Å². The molecule has 1 amide bonds. The van der Waals surface area contributed by atoms with Gasteiger partial charge in [-0.2, -0.15) is 0 Å². The highest BCUT2D eigenvalue weighted by atomic mass is 32.1. The van der Waals surface area contributed by atoms with Crippen LogP contribution in [-0.4, -0.2) is 48.1 Å². The third-order valence-electron chi connectivity index (χ3n) is 5.15. The first kappa shape index (κ1) is 14.6. The number of ether oxygens (including phenoxy) is 1. The summed E-state index contributed by atoms with van der Waals surface area (Å²) in [6.45, 7) is 4.70. The molecule has 1 aliphatic carbocycles. The van der Waals surface area contributed by atoms with Crippen molar-refractivity contribution in [1.82, 2.24) is 15.2 Å². The normalized spacial score (nSPS) is 31.9. The highest BCUT2D eigenvalue weighted by Gasteiger charge is 2.41. The number of piperidine rings is 1. The van der Waals surface area contributed by atoms with Crippen molar-refractivity contribution >= 4 is 17.2 Å². The van der Waals surface area contributed by atoms with Crippen molar-refractivity contribution in [2.45, 2.75) is 31.9 Å². The van der Waals surface area contributed by atoms with Crippen LogP contribution in [0.4, 0.5) is 0 Å².